The number of hydrogen-bond donors (Lipinski definition) is 2. The van der Waals surface area contributed by atoms with Gasteiger partial charge in [0.25, 0.3) is 5.91 Å². The topological polar surface area (TPSA) is 87.7 Å². The molecule has 1 saturated heterocycles. The van der Waals surface area contributed by atoms with Crippen LogP contribution in [0.15, 0.2) is 18.2 Å². The summed E-state index contributed by atoms with van der Waals surface area (Å²) in [6, 6.07) is 3.32. The molecular weight excluding hydrogens is 305 g/mol. The van der Waals surface area contributed by atoms with Crippen molar-refractivity contribution in [1.29, 1.82) is 0 Å². The Balaban J connectivity index is 2.08. The van der Waals surface area contributed by atoms with Crippen LogP contribution in [-0.2, 0) is 19.1 Å². The van der Waals surface area contributed by atoms with Crippen LogP contribution in [0, 0.1) is 5.82 Å². The van der Waals surface area contributed by atoms with Gasteiger partial charge in [-0.25, -0.2) is 4.39 Å². The number of carbonyl (C=O) groups excluding carboxylic acids is 3. The van der Waals surface area contributed by atoms with E-state index in [0.29, 0.717) is 18.8 Å². The molecule has 0 aliphatic carbocycles. The van der Waals surface area contributed by atoms with Gasteiger partial charge in [0.2, 0.25) is 11.8 Å². The number of hydrogen-bond acceptors (Lipinski definition) is 4. The third-order valence-electron chi connectivity index (χ3n) is 3.32. The number of nitrogens with one attached hydrogen (secondary N) is 2. The zero-order chi connectivity index (χ0) is 17.0. The van der Waals surface area contributed by atoms with Crippen LogP contribution in [0.5, 0.6) is 0 Å². The molecule has 0 bridgehead atoms. The third-order valence-corrected chi connectivity index (χ3v) is 3.32. The lowest BCUT2D eigenvalue weighted by molar-refractivity contribution is -0.125. The molecule has 23 heavy (non-hydrogen) atoms. The number of anilines is 2. The standard InChI is InChI=1S/C15H18FN3O4/c1-9(17-10(2)20)15(22)18-13-4-3-11(7-12(13)16)19-5-6-23-8-14(19)21/h3-4,7,9H,5-6,8H2,1-2H3,(H,17,20)(H,18,22)/t9-/m1/s1. The summed E-state index contributed by atoms with van der Waals surface area (Å²) in [6.07, 6.45) is 0. The van der Waals surface area contributed by atoms with Gasteiger partial charge in [0.1, 0.15) is 18.5 Å². The van der Waals surface area contributed by atoms with E-state index in [-0.39, 0.29) is 24.1 Å². The first-order valence-corrected chi connectivity index (χ1v) is 7.14. The molecule has 1 atom stereocenters. The van der Waals surface area contributed by atoms with E-state index in [4.69, 9.17) is 4.74 Å². The number of benzene rings is 1. The van der Waals surface area contributed by atoms with Crippen molar-refractivity contribution < 1.29 is 23.5 Å². The number of nitrogens with zero attached hydrogens (tertiary/aromatic N) is 1. The van der Waals surface area contributed by atoms with Gasteiger partial charge in [0, 0.05) is 19.2 Å². The fraction of sp³-hybridized carbons (Fsp3) is 0.400. The zero-order valence-corrected chi connectivity index (χ0v) is 12.9. The van der Waals surface area contributed by atoms with Gasteiger partial charge in [-0.1, -0.05) is 0 Å². The minimum Gasteiger partial charge on any atom is -0.370 e. The smallest absolute Gasteiger partial charge is 0.253 e. The molecule has 0 aromatic heterocycles. The zero-order valence-electron chi connectivity index (χ0n) is 12.9. The van der Waals surface area contributed by atoms with Gasteiger partial charge >= 0.3 is 0 Å². The summed E-state index contributed by atoms with van der Waals surface area (Å²) in [5.74, 6) is -1.79. The average molecular weight is 323 g/mol. The molecule has 3 amide bonds. The van der Waals surface area contributed by atoms with Crippen molar-refractivity contribution in [1.82, 2.24) is 5.32 Å². The van der Waals surface area contributed by atoms with Crippen molar-refractivity contribution in [2.45, 2.75) is 19.9 Å². The predicted molar refractivity (Wildman–Crippen MR) is 81.5 cm³/mol. The second-order valence-electron chi connectivity index (χ2n) is 5.17. The SMILES string of the molecule is CC(=O)N[C@H](C)C(=O)Nc1ccc(N2CCOCC2=O)cc1F. The van der Waals surface area contributed by atoms with Gasteiger partial charge in [0.15, 0.2) is 0 Å². The van der Waals surface area contributed by atoms with Crippen molar-refractivity contribution in [3.8, 4) is 0 Å². The summed E-state index contributed by atoms with van der Waals surface area (Å²) >= 11 is 0. The van der Waals surface area contributed by atoms with E-state index in [9.17, 15) is 18.8 Å². The van der Waals surface area contributed by atoms with Crippen molar-refractivity contribution in [2.75, 3.05) is 30.0 Å². The van der Waals surface area contributed by atoms with Crippen LogP contribution in [0.4, 0.5) is 15.8 Å². The lowest BCUT2D eigenvalue weighted by Crippen LogP contribution is -2.42. The number of carbonyl (C=O) groups is 3. The first-order chi connectivity index (χ1) is 10.9. The van der Waals surface area contributed by atoms with Gasteiger partial charge in [-0.3, -0.25) is 14.4 Å². The summed E-state index contributed by atoms with van der Waals surface area (Å²) < 4.78 is 19.2. The molecule has 7 nitrogen and oxygen atoms in total. The molecule has 1 heterocycles. The van der Waals surface area contributed by atoms with Crippen molar-refractivity contribution in [2.24, 2.45) is 0 Å². The minimum absolute atomic E-state index is 0.0170. The van der Waals surface area contributed by atoms with Crippen LogP contribution in [0.3, 0.4) is 0 Å². The van der Waals surface area contributed by atoms with E-state index < -0.39 is 17.8 Å². The maximum absolute atomic E-state index is 14.1. The second-order valence-corrected chi connectivity index (χ2v) is 5.17. The van der Waals surface area contributed by atoms with Crippen LogP contribution in [0.25, 0.3) is 0 Å². The normalized spacial score (nSPS) is 16.0. The highest BCUT2D eigenvalue weighted by atomic mass is 19.1. The maximum atomic E-state index is 14.1. The highest BCUT2D eigenvalue weighted by Crippen LogP contribution is 2.23. The first kappa shape index (κ1) is 16.9. The summed E-state index contributed by atoms with van der Waals surface area (Å²) in [7, 11) is 0. The monoisotopic (exact) mass is 323 g/mol. The van der Waals surface area contributed by atoms with Crippen LogP contribution in [0.2, 0.25) is 0 Å². The summed E-state index contributed by atoms with van der Waals surface area (Å²) in [4.78, 5) is 35.9. The van der Waals surface area contributed by atoms with Gasteiger partial charge in [-0.15, -0.1) is 0 Å². The number of rotatable bonds is 4. The minimum atomic E-state index is -0.785. The Hall–Kier alpha value is -2.48. The summed E-state index contributed by atoms with van der Waals surface area (Å²) in [5.41, 5.74) is 0.389. The fourth-order valence-electron chi connectivity index (χ4n) is 2.18. The molecule has 8 heteroatoms. The largest absolute Gasteiger partial charge is 0.370 e. The van der Waals surface area contributed by atoms with E-state index in [1.165, 1.54) is 30.9 Å². The number of ether oxygens (including phenoxy) is 1. The molecule has 1 aliphatic heterocycles. The molecule has 2 N–H and O–H groups in total. The number of morpholine rings is 1. The maximum Gasteiger partial charge on any atom is 0.253 e. The Morgan fingerprint density at radius 2 is 2.13 bits per heavy atom. The number of halogens is 1. The molecule has 0 spiro atoms. The third kappa shape index (κ3) is 4.26. The Morgan fingerprint density at radius 1 is 1.39 bits per heavy atom. The molecule has 0 radical (unpaired) electrons. The molecule has 2 rings (SSSR count). The highest BCUT2D eigenvalue weighted by Gasteiger charge is 2.22. The molecule has 124 valence electrons. The lowest BCUT2D eigenvalue weighted by Gasteiger charge is -2.27. The van der Waals surface area contributed by atoms with Crippen molar-refractivity contribution in [3.05, 3.63) is 24.0 Å². The number of amides is 3. The Bertz CT molecular complexity index is 635. The first-order valence-electron chi connectivity index (χ1n) is 7.14. The summed E-state index contributed by atoms with van der Waals surface area (Å²) in [6.45, 7) is 3.49. The molecule has 0 saturated carbocycles. The van der Waals surface area contributed by atoms with E-state index in [1.54, 1.807) is 6.07 Å². The average Bonchev–Trinajstić information content (AvgIpc) is 2.49. The van der Waals surface area contributed by atoms with Crippen LogP contribution >= 0.6 is 0 Å². The molecule has 1 fully saturated rings. The highest BCUT2D eigenvalue weighted by molar-refractivity contribution is 5.98. The quantitative estimate of drug-likeness (QED) is 0.852. The fourth-order valence-corrected chi connectivity index (χ4v) is 2.18. The predicted octanol–water partition coefficient (Wildman–Crippen LogP) is 0.652. The molecule has 1 aromatic rings. The van der Waals surface area contributed by atoms with Gasteiger partial charge < -0.3 is 20.3 Å². The Morgan fingerprint density at radius 3 is 2.74 bits per heavy atom. The van der Waals surface area contributed by atoms with Crippen molar-refractivity contribution in [3.63, 3.8) is 0 Å². The molecule has 0 unspecified atom stereocenters. The van der Waals surface area contributed by atoms with E-state index in [1.807, 2.05) is 0 Å². The Kier molecular flexibility index (Phi) is 5.28. The van der Waals surface area contributed by atoms with Crippen LogP contribution in [-0.4, -0.2) is 43.5 Å². The van der Waals surface area contributed by atoms with Gasteiger partial charge in [-0.05, 0) is 25.1 Å². The summed E-state index contributed by atoms with van der Waals surface area (Å²) in [5, 5.41) is 4.81. The molecule has 1 aromatic carbocycles. The van der Waals surface area contributed by atoms with Crippen LogP contribution in [0.1, 0.15) is 13.8 Å². The molecular formula is C15H18FN3O4. The Labute approximate surface area is 132 Å². The van der Waals surface area contributed by atoms with E-state index in [0.717, 1.165) is 0 Å². The van der Waals surface area contributed by atoms with Crippen molar-refractivity contribution >= 4 is 29.1 Å². The van der Waals surface area contributed by atoms with E-state index >= 15 is 0 Å². The van der Waals surface area contributed by atoms with Gasteiger partial charge in [0.05, 0.1) is 12.3 Å². The second kappa shape index (κ2) is 7.19. The molecule has 1 aliphatic rings. The van der Waals surface area contributed by atoms with E-state index in [2.05, 4.69) is 10.6 Å². The van der Waals surface area contributed by atoms with Gasteiger partial charge in [-0.2, -0.15) is 0 Å². The lowest BCUT2D eigenvalue weighted by atomic mass is 10.2. The van der Waals surface area contributed by atoms with Crippen LogP contribution < -0.4 is 15.5 Å².